The molecule has 2 rings (SSSR count). The number of nitrogens with one attached hydrogen (secondary N) is 1. The summed E-state index contributed by atoms with van der Waals surface area (Å²) in [5, 5.41) is 3.31. The summed E-state index contributed by atoms with van der Waals surface area (Å²) in [5.74, 6) is -0.738. The fraction of sp³-hybridized carbons (Fsp3) is 0.353. The molecule has 0 aliphatic carbocycles. The predicted molar refractivity (Wildman–Crippen MR) is 85.3 cm³/mol. The van der Waals surface area contributed by atoms with Crippen LogP contribution in [-0.4, -0.2) is 25.0 Å². The molecular formula is C17H19NO5. The summed E-state index contributed by atoms with van der Waals surface area (Å²) >= 11 is 0. The van der Waals surface area contributed by atoms with Crippen molar-refractivity contribution in [2.75, 3.05) is 13.2 Å². The number of carbonyl (C=O) groups excluding carboxylic acids is 2. The zero-order chi connectivity index (χ0) is 16.7. The second-order valence-electron chi connectivity index (χ2n) is 5.07. The molecule has 0 radical (unpaired) electrons. The van der Waals surface area contributed by atoms with Crippen LogP contribution in [0.5, 0.6) is 0 Å². The van der Waals surface area contributed by atoms with Crippen molar-refractivity contribution < 1.29 is 18.7 Å². The lowest BCUT2D eigenvalue weighted by Gasteiger charge is -2.06. The van der Waals surface area contributed by atoms with Crippen LogP contribution in [0.4, 0.5) is 0 Å². The van der Waals surface area contributed by atoms with E-state index in [0.29, 0.717) is 30.4 Å². The summed E-state index contributed by atoms with van der Waals surface area (Å²) in [6, 6.07) is 8.50. The number of fused-ring (bicyclic) bond motifs is 1. The Bertz CT molecular complexity index is 750. The number of ether oxygens (including phenoxy) is 1. The highest BCUT2D eigenvalue weighted by atomic mass is 16.5. The number of hydrogen-bond acceptors (Lipinski definition) is 5. The third-order valence-corrected chi connectivity index (χ3v) is 3.21. The molecule has 1 aromatic heterocycles. The maximum absolute atomic E-state index is 12.0. The summed E-state index contributed by atoms with van der Waals surface area (Å²) in [5.41, 5.74) is -0.265. The Morgan fingerprint density at radius 3 is 2.83 bits per heavy atom. The van der Waals surface area contributed by atoms with Gasteiger partial charge in [-0.25, -0.2) is 4.79 Å². The highest BCUT2D eigenvalue weighted by Gasteiger charge is 2.13. The summed E-state index contributed by atoms with van der Waals surface area (Å²) in [4.78, 5) is 35.0. The Morgan fingerprint density at radius 1 is 1.26 bits per heavy atom. The minimum atomic E-state index is -0.671. The van der Waals surface area contributed by atoms with Crippen LogP contribution in [-0.2, 0) is 9.53 Å². The number of rotatable bonds is 7. The average molecular weight is 317 g/mol. The van der Waals surface area contributed by atoms with E-state index >= 15 is 0 Å². The number of para-hydroxylation sites is 1. The van der Waals surface area contributed by atoms with E-state index < -0.39 is 11.5 Å². The minimum Gasteiger partial charge on any atom is -0.466 e. The van der Waals surface area contributed by atoms with Gasteiger partial charge in [-0.05, 0) is 25.0 Å². The van der Waals surface area contributed by atoms with Crippen molar-refractivity contribution in [1.82, 2.24) is 5.32 Å². The summed E-state index contributed by atoms with van der Waals surface area (Å²) < 4.78 is 10.1. The normalized spacial score (nSPS) is 10.5. The summed E-state index contributed by atoms with van der Waals surface area (Å²) in [7, 11) is 0. The van der Waals surface area contributed by atoms with Crippen molar-refractivity contribution in [3.05, 3.63) is 46.3 Å². The highest BCUT2D eigenvalue weighted by Crippen LogP contribution is 2.12. The van der Waals surface area contributed by atoms with Gasteiger partial charge >= 0.3 is 11.6 Å². The summed E-state index contributed by atoms with van der Waals surface area (Å²) in [6.45, 7) is 2.45. The van der Waals surface area contributed by atoms with E-state index in [1.807, 2.05) is 6.92 Å². The molecule has 6 heteroatoms. The third kappa shape index (κ3) is 4.67. The largest absolute Gasteiger partial charge is 0.466 e. The minimum absolute atomic E-state index is 0.0355. The van der Waals surface area contributed by atoms with Crippen molar-refractivity contribution in [3.8, 4) is 0 Å². The zero-order valence-electron chi connectivity index (χ0n) is 13.0. The molecule has 1 heterocycles. The van der Waals surface area contributed by atoms with E-state index in [2.05, 4.69) is 5.32 Å². The van der Waals surface area contributed by atoms with Crippen molar-refractivity contribution in [1.29, 1.82) is 0 Å². The lowest BCUT2D eigenvalue weighted by Crippen LogP contribution is -2.29. The van der Waals surface area contributed by atoms with Gasteiger partial charge in [0, 0.05) is 18.4 Å². The second kappa shape index (κ2) is 8.12. The van der Waals surface area contributed by atoms with Gasteiger partial charge in [0.05, 0.1) is 6.61 Å². The lowest BCUT2D eigenvalue weighted by molar-refractivity contribution is -0.143. The quantitative estimate of drug-likeness (QED) is 0.481. The van der Waals surface area contributed by atoms with Crippen LogP contribution in [0.1, 0.15) is 36.5 Å². The van der Waals surface area contributed by atoms with Crippen LogP contribution >= 0.6 is 0 Å². The van der Waals surface area contributed by atoms with Crippen LogP contribution in [0.25, 0.3) is 11.0 Å². The topological polar surface area (TPSA) is 85.6 Å². The van der Waals surface area contributed by atoms with E-state index in [9.17, 15) is 14.4 Å². The van der Waals surface area contributed by atoms with Gasteiger partial charge in [-0.3, -0.25) is 9.59 Å². The third-order valence-electron chi connectivity index (χ3n) is 3.21. The first-order valence-corrected chi connectivity index (χ1v) is 7.58. The molecule has 0 fully saturated rings. The van der Waals surface area contributed by atoms with Crippen molar-refractivity contribution in [2.45, 2.75) is 26.2 Å². The first kappa shape index (κ1) is 16.7. The Labute approximate surface area is 133 Å². The Morgan fingerprint density at radius 2 is 2.04 bits per heavy atom. The number of benzene rings is 1. The molecule has 0 unspecified atom stereocenters. The lowest BCUT2D eigenvalue weighted by atomic mass is 10.2. The van der Waals surface area contributed by atoms with Crippen LogP contribution in [0.3, 0.4) is 0 Å². The molecule has 1 N–H and O–H groups in total. The number of esters is 1. The molecule has 122 valence electrons. The van der Waals surface area contributed by atoms with Crippen molar-refractivity contribution in [2.24, 2.45) is 0 Å². The Hall–Kier alpha value is -2.63. The average Bonchev–Trinajstić information content (AvgIpc) is 2.54. The number of amides is 1. The maximum Gasteiger partial charge on any atom is 0.349 e. The van der Waals surface area contributed by atoms with E-state index in [1.54, 1.807) is 24.3 Å². The number of hydrogen-bond donors (Lipinski definition) is 1. The van der Waals surface area contributed by atoms with Crippen LogP contribution in [0.15, 0.2) is 39.5 Å². The first-order valence-electron chi connectivity index (χ1n) is 7.58. The van der Waals surface area contributed by atoms with Crippen LogP contribution in [0.2, 0.25) is 0 Å². The molecule has 23 heavy (non-hydrogen) atoms. The Kier molecular flexibility index (Phi) is 5.91. The van der Waals surface area contributed by atoms with E-state index in [4.69, 9.17) is 9.15 Å². The predicted octanol–water partition coefficient (Wildman–Crippen LogP) is 2.26. The van der Waals surface area contributed by atoms with Gasteiger partial charge in [0.15, 0.2) is 0 Å². The van der Waals surface area contributed by atoms with Crippen LogP contribution in [0, 0.1) is 0 Å². The first-order chi connectivity index (χ1) is 11.1. The van der Waals surface area contributed by atoms with Gasteiger partial charge < -0.3 is 14.5 Å². The van der Waals surface area contributed by atoms with Gasteiger partial charge in [0.2, 0.25) is 0 Å². The molecule has 0 saturated carbocycles. The molecule has 0 aliphatic rings. The monoisotopic (exact) mass is 317 g/mol. The second-order valence-corrected chi connectivity index (χ2v) is 5.07. The standard InChI is InChI=1S/C17H19NO5/c1-2-6-15(19)22-10-5-9-18-16(20)13-11-12-7-3-4-8-14(12)23-17(13)21/h3-4,7-8,11H,2,5-6,9-10H2,1H3,(H,18,20). The van der Waals surface area contributed by atoms with E-state index in [1.165, 1.54) is 6.07 Å². The van der Waals surface area contributed by atoms with Gasteiger partial charge in [0.1, 0.15) is 11.1 Å². The molecule has 0 saturated heterocycles. The molecule has 0 bridgehead atoms. The van der Waals surface area contributed by atoms with Gasteiger partial charge in [0.25, 0.3) is 5.91 Å². The van der Waals surface area contributed by atoms with Crippen molar-refractivity contribution >= 4 is 22.8 Å². The van der Waals surface area contributed by atoms with Gasteiger partial charge in [-0.15, -0.1) is 0 Å². The number of carbonyl (C=O) groups is 2. The molecule has 1 amide bonds. The molecule has 0 aliphatic heterocycles. The Balaban J connectivity index is 1.88. The van der Waals surface area contributed by atoms with Crippen molar-refractivity contribution in [3.63, 3.8) is 0 Å². The highest BCUT2D eigenvalue weighted by molar-refractivity contribution is 5.96. The fourth-order valence-corrected chi connectivity index (χ4v) is 2.05. The van der Waals surface area contributed by atoms with Crippen LogP contribution < -0.4 is 10.9 Å². The molecule has 2 aromatic rings. The SMILES string of the molecule is CCCC(=O)OCCCNC(=O)c1cc2ccccc2oc1=O. The van der Waals surface area contributed by atoms with Gasteiger partial charge in [-0.2, -0.15) is 0 Å². The van der Waals surface area contributed by atoms with E-state index in [0.717, 1.165) is 6.42 Å². The summed E-state index contributed by atoms with van der Waals surface area (Å²) in [6.07, 6.45) is 1.62. The maximum atomic E-state index is 12.0. The zero-order valence-corrected chi connectivity index (χ0v) is 13.0. The molecule has 1 aromatic carbocycles. The molecule has 0 atom stereocenters. The van der Waals surface area contributed by atoms with Gasteiger partial charge in [-0.1, -0.05) is 25.1 Å². The molecular weight excluding hydrogens is 298 g/mol. The fourth-order valence-electron chi connectivity index (χ4n) is 2.05. The smallest absolute Gasteiger partial charge is 0.349 e. The molecule has 0 spiro atoms. The van der Waals surface area contributed by atoms with E-state index in [-0.39, 0.29) is 18.1 Å². The molecule has 6 nitrogen and oxygen atoms in total.